The van der Waals surface area contributed by atoms with Crippen LogP contribution in [0.15, 0.2) is 72.8 Å². The van der Waals surface area contributed by atoms with Crippen LogP contribution in [0.25, 0.3) is 16.9 Å². The third-order valence-electron chi connectivity index (χ3n) is 5.29. The van der Waals surface area contributed by atoms with Crippen LogP contribution in [0.5, 0.6) is 0 Å². The zero-order valence-corrected chi connectivity index (χ0v) is 17.9. The van der Waals surface area contributed by atoms with Crippen molar-refractivity contribution >= 4 is 17.6 Å². The predicted molar refractivity (Wildman–Crippen MR) is 124 cm³/mol. The summed E-state index contributed by atoms with van der Waals surface area (Å²) in [6.45, 7) is 2.21. The maximum Gasteiger partial charge on any atom is 0.254 e. The second-order valence-corrected chi connectivity index (χ2v) is 7.56. The van der Waals surface area contributed by atoms with Gasteiger partial charge < -0.3 is 16.8 Å². The number of carbonyl (C=O) groups excluding carboxylic acids is 2. The van der Waals surface area contributed by atoms with Gasteiger partial charge in [-0.05, 0) is 42.3 Å². The Labute approximate surface area is 189 Å². The number of nitrogen functional groups attached to an aromatic ring is 1. The van der Waals surface area contributed by atoms with Crippen molar-refractivity contribution in [2.45, 2.75) is 13.5 Å². The summed E-state index contributed by atoms with van der Waals surface area (Å²) in [4.78, 5) is 24.5. The molecule has 8 heteroatoms. The Kier molecular flexibility index (Phi) is 5.91. The predicted octanol–water partition coefficient (Wildman–Crippen LogP) is 3.60. The molecule has 0 atom stereocenters. The number of nitrogens with two attached hydrogens (primary N) is 2. The zero-order chi connectivity index (χ0) is 23.5. The molecule has 0 radical (unpaired) electrons. The van der Waals surface area contributed by atoms with Gasteiger partial charge in [0.05, 0.1) is 5.69 Å². The lowest BCUT2D eigenvalue weighted by Crippen LogP contribution is -2.23. The van der Waals surface area contributed by atoms with E-state index in [1.54, 1.807) is 24.3 Å². The molecule has 2 amide bonds. The first-order chi connectivity index (χ1) is 15.8. The second kappa shape index (κ2) is 8.96. The van der Waals surface area contributed by atoms with Gasteiger partial charge in [-0.15, -0.1) is 0 Å². The lowest BCUT2D eigenvalue weighted by molar-refractivity contribution is 0.0949. The van der Waals surface area contributed by atoms with Crippen LogP contribution in [0.2, 0.25) is 0 Å². The molecule has 0 spiro atoms. The van der Waals surface area contributed by atoms with E-state index in [1.165, 1.54) is 22.9 Å². The molecule has 1 aromatic heterocycles. The molecule has 4 aromatic rings. The minimum Gasteiger partial charge on any atom is -0.383 e. The van der Waals surface area contributed by atoms with Gasteiger partial charge in [0.1, 0.15) is 22.9 Å². The third kappa shape index (κ3) is 4.45. The number of amides is 2. The molecule has 4 rings (SSSR count). The number of halogens is 1. The molecule has 7 nitrogen and oxygen atoms in total. The molecule has 0 unspecified atom stereocenters. The summed E-state index contributed by atoms with van der Waals surface area (Å²) in [6.07, 6.45) is 0. The van der Waals surface area contributed by atoms with E-state index in [0.717, 1.165) is 11.1 Å². The molecule has 0 saturated carbocycles. The first kappa shape index (κ1) is 21.8. The molecule has 0 saturated heterocycles. The highest BCUT2D eigenvalue weighted by atomic mass is 19.1. The molecule has 166 valence electrons. The normalized spacial score (nSPS) is 10.7. The Morgan fingerprint density at radius 3 is 2.42 bits per heavy atom. The Bertz CT molecular complexity index is 1350. The van der Waals surface area contributed by atoms with Gasteiger partial charge in [-0.2, -0.15) is 5.10 Å². The quantitative estimate of drug-likeness (QED) is 0.422. The van der Waals surface area contributed by atoms with Crippen molar-refractivity contribution in [3.05, 3.63) is 101 Å². The smallest absolute Gasteiger partial charge is 0.254 e. The van der Waals surface area contributed by atoms with E-state index >= 15 is 0 Å². The number of primary amides is 1. The molecule has 33 heavy (non-hydrogen) atoms. The van der Waals surface area contributed by atoms with Crippen molar-refractivity contribution in [2.24, 2.45) is 5.73 Å². The van der Waals surface area contributed by atoms with Crippen LogP contribution in [-0.4, -0.2) is 21.6 Å². The van der Waals surface area contributed by atoms with Crippen molar-refractivity contribution in [1.29, 1.82) is 0 Å². The molecule has 5 N–H and O–H groups in total. The maximum atomic E-state index is 13.7. The van der Waals surface area contributed by atoms with Gasteiger partial charge in [-0.25, -0.2) is 9.07 Å². The Balaban J connectivity index is 1.58. The van der Waals surface area contributed by atoms with E-state index in [1.807, 2.05) is 37.3 Å². The van der Waals surface area contributed by atoms with E-state index in [2.05, 4.69) is 10.4 Å². The van der Waals surface area contributed by atoms with Gasteiger partial charge in [-0.3, -0.25) is 9.59 Å². The summed E-state index contributed by atoms with van der Waals surface area (Å²) >= 11 is 0. The molecule has 0 aliphatic carbocycles. The number of carbonyl (C=O) groups is 2. The van der Waals surface area contributed by atoms with Crippen molar-refractivity contribution in [2.75, 3.05) is 5.73 Å². The van der Waals surface area contributed by atoms with Crippen LogP contribution in [-0.2, 0) is 6.54 Å². The fourth-order valence-electron chi connectivity index (χ4n) is 3.57. The summed E-state index contributed by atoms with van der Waals surface area (Å²) in [5.74, 6) is -1.33. The molecule has 0 fully saturated rings. The van der Waals surface area contributed by atoms with Crippen molar-refractivity contribution in [3.63, 3.8) is 0 Å². The Morgan fingerprint density at radius 2 is 1.76 bits per heavy atom. The van der Waals surface area contributed by atoms with E-state index in [4.69, 9.17) is 11.5 Å². The standard InChI is InChI=1S/C25H22FN5O2/c1-15-5-2-3-8-20(15)25(33)29-14-16-9-11-17(12-10-16)22-21(24(28)32)23(27)31(30-22)19-7-4-6-18(26)13-19/h2-13H,14,27H2,1H3,(H2,28,32)(H,29,33). The second-order valence-electron chi connectivity index (χ2n) is 7.56. The van der Waals surface area contributed by atoms with Gasteiger partial charge in [0.25, 0.3) is 11.8 Å². The summed E-state index contributed by atoms with van der Waals surface area (Å²) in [6, 6.07) is 20.2. The Hall–Kier alpha value is -4.46. The highest BCUT2D eigenvalue weighted by molar-refractivity contribution is 6.03. The summed E-state index contributed by atoms with van der Waals surface area (Å²) in [7, 11) is 0. The van der Waals surface area contributed by atoms with Crippen LogP contribution in [0.1, 0.15) is 31.8 Å². The average molecular weight is 443 g/mol. The van der Waals surface area contributed by atoms with Crippen LogP contribution in [0.3, 0.4) is 0 Å². The van der Waals surface area contributed by atoms with E-state index in [9.17, 15) is 14.0 Å². The summed E-state index contributed by atoms with van der Waals surface area (Å²) in [5, 5.41) is 7.32. The summed E-state index contributed by atoms with van der Waals surface area (Å²) < 4.78 is 15.0. The maximum absolute atomic E-state index is 13.7. The molecular formula is C25H22FN5O2. The average Bonchev–Trinajstić information content (AvgIpc) is 3.15. The minimum absolute atomic E-state index is 0.0256. The van der Waals surface area contributed by atoms with Crippen LogP contribution in [0.4, 0.5) is 10.2 Å². The van der Waals surface area contributed by atoms with Crippen LogP contribution < -0.4 is 16.8 Å². The van der Waals surface area contributed by atoms with Crippen molar-refractivity contribution < 1.29 is 14.0 Å². The lowest BCUT2D eigenvalue weighted by Gasteiger charge is -2.08. The number of rotatable bonds is 6. The zero-order valence-electron chi connectivity index (χ0n) is 17.9. The largest absolute Gasteiger partial charge is 0.383 e. The molecule has 0 aliphatic heterocycles. The highest BCUT2D eigenvalue weighted by Gasteiger charge is 2.22. The third-order valence-corrected chi connectivity index (χ3v) is 5.29. The molecule has 1 heterocycles. The highest BCUT2D eigenvalue weighted by Crippen LogP contribution is 2.29. The van der Waals surface area contributed by atoms with Crippen molar-refractivity contribution in [1.82, 2.24) is 15.1 Å². The van der Waals surface area contributed by atoms with Crippen LogP contribution in [0, 0.1) is 12.7 Å². The van der Waals surface area contributed by atoms with Gasteiger partial charge in [-0.1, -0.05) is 48.5 Å². The molecular weight excluding hydrogens is 421 g/mol. The number of hydrogen-bond acceptors (Lipinski definition) is 4. The fourth-order valence-corrected chi connectivity index (χ4v) is 3.57. The number of nitrogens with zero attached hydrogens (tertiary/aromatic N) is 2. The first-order valence-electron chi connectivity index (χ1n) is 10.2. The molecule has 0 bridgehead atoms. The minimum atomic E-state index is -0.736. The molecule has 0 aliphatic rings. The van der Waals surface area contributed by atoms with Gasteiger partial charge in [0, 0.05) is 17.7 Å². The van der Waals surface area contributed by atoms with E-state index in [0.29, 0.717) is 29.1 Å². The van der Waals surface area contributed by atoms with Gasteiger partial charge in [0.15, 0.2) is 0 Å². The lowest BCUT2D eigenvalue weighted by atomic mass is 10.0. The van der Waals surface area contributed by atoms with E-state index < -0.39 is 11.7 Å². The van der Waals surface area contributed by atoms with E-state index in [-0.39, 0.29) is 17.3 Å². The monoisotopic (exact) mass is 443 g/mol. The SMILES string of the molecule is Cc1ccccc1C(=O)NCc1ccc(-c2nn(-c3cccc(F)c3)c(N)c2C(N)=O)cc1. The number of aryl methyl sites for hydroxylation is 1. The topological polar surface area (TPSA) is 116 Å². The van der Waals surface area contributed by atoms with Gasteiger partial charge >= 0.3 is 0 Å². The number of anilines is 1. The number of aromatic nitrogens is 2. The first-order valence-corrected chi connectivity index (χ1v) is 10.2. The number of nitrogens with one attached hydrogen (secondary N) is 1. The fraction of sp³-hybridized carbons (Fsp3) is 0.0800. The van der Waals surface area contributed by atoms with Crippen molar-refractivity contribution in [3.8, 4) is 16.9 Å². The number of benzene rings is 3. The summed E-state index contributed by atoms with van der Waals surface area (Å²) in [5.41, 5.74) is 15.4. The van der Waals surface area contributed by atoms with Crippen LogP contribution >= 0.6 is 0 Å². The Morgan fingerprint density at radius 1 is 1.03 bits per heavy atom. The number of hydrogen-bond donors (Lipinski definition) is 3. The van der Waals surface area contributed by atoms with Gasteiger partial charge in [0.2, 0.25) is 0 Å². The molecule has 3 aromatic carbocycles.